The summed E-state index contributed by atoms with van der Waals surface area (Å²) < 4.78 is 5.18. The van der Waals surface area contributed by atoms with Crippen molar-refractivity contribution >= 4 is 18.0 Å². The molecule has 0 atom stereocenters. The van der Waals surface area contributed by atoms with Gasteiger partial charge in [0, 0.05) is 6.04 Å². The van der Waals surface area contributed by atoms with Gasteiger partial charge in [-0.2, -0.15) is 0 Å². The number of aromatic carboxylic acids is 2. The van der Waals surface area contributed by atoms with Gasteiger partial charge in [0.05, 0.1) is 11.1 Å². The Morgan fingerprint density at radius 2 is 1.48 bits per heavy atom. The maximum atomic E-state index is 11.8. The summed E-state index contributed by atoms with van der Waals surface area (Å²) >= 11 is 0. The van der Waals surface area contributed by atoms with E-state index < -0.39 is 23.6 Å². The van der Waals surface area contributed by atoms with Crippen LogP contribution in [0.5, 0.6) is 0 Å². The van der Waals surface area contributed by atoms with E-state index in [2.05, 4.69) is 5.32 Å². The zero-order chi connectivity index (χ0) is 17.4. The third kappa shape index (κ3) is 4.00. The van der Waals surface area contributed by atoms with Crippen LogP contribution in [0.4, 0.5) is 4.79 Å². The van der Waals surface area contributed by atoms with E-state index in [1.807, 2.05) is 0 Å². The lowest BCUT2D eigenvalue weighted by molar-refractivity contribution is 0.0505. The molecule has 0 spiro atoms. The predicted molar refractivity (Wildman–Crippen MR) is 80.9 cm³/mol. The van der Waals surface area contributed by atoms with E-state index in [9.17, 15) is 14.4 Å². The fourth-order valence-electron chi connectivity index (χ4n) is 2.60. The van der Waals surface area contributed by atoms with Gasteiger partial charge in [-0.25, -0.2) is 14.4 Å². The minimum atomic E-state index is -1.28. The van der Waals surface area contributed by atoms with Crippen LogP contribution in [0.1, 0.15) is 52.6 Å². The van der Waals surface area contributed by atoms with Crippen LogP contribution < -0.4 is 5.32 Å². The number of alkyl carbamates (subject to hydrolysis) is 1. The maximum Gasteiger partial charge on any atom is 0.407 e. The second-order valence-corrected chi connectivity index (χ2v) is 6.53. The third-order valence-corrected chi connectivity index (χ3v) is 3.45. The van der Waals surface area contributed by atoms with Crippen LogP contribution in [0.15, 0.2) is 12.1 Å². The summed E-state index contributed by atoms with van der Waals surface area (Å²) in [5, 5.41) is 21.0. The lowest BCUT2D eigenvalue weighted by atomic mass is 10.00. The Morgan fingerprint density at radius 3 is 1.83 bits per heavy atom. The Labute approximate surface area is 133 Å². The zero-order valence-corrected chi connectivity index (χ0v) is 13.2. The summed E-state index contributed by atoms with van der Waals surface area (Å²) in [6.45, 7) is 5.27. The van der Waals surface area contributed by atoms with Gasteiger partial charge in [-0.05, 0) is 56.9 Å². The molecule has 124 valence electrons. The number of carbonyl (C=O) groups excluding carboxylic acids is 1. The van der Waals surface area contributed by atoms with Gasteiger partial charge in [0.1, 0.15) is 5.60 Å². The molecule has 0 heterocycles. The normalized spacial score (nSPS) is 14.2. The molecular weight excluding hydrogens is 302 g/mol. The molecule has 1 aromatic carbocycles. The standard InChI is InChI=1S/C16H19NO6/c1-16(2,3)23-15(22)17-10-4-8-6-11(13(18)19)12(14(20)21)7-9(8)5-10/h6-7,10H,4-5H2,1-3H3,(H,17,22)(H,18,19)(H,20,21). The Bertz CT molecular complexity index is 631. The lowest BCUT2D eigenvalue weighted by Crippen LogP contribution is -2.39. The molecule has 0 radical (unpaired) electrons. The van der Waals surface area contributed by atoms with Crippen molar-refractivity contribution in [2.24, 2.45) is 0 Å². The first-order chi connectivity index (χ1) is 10.6. The summed E-state index contributed by atoms with van der Waals surface area (Å²) in [5.41, 5.74) is 0.368. The number of ether oxygens (including phenoxy) is 1. The predicted octanol–water partition coefficient (Wildman–Crippen LogP) is 2.07. The first-order valence-electron chi connectivity index (χ1n) is 7.18. The van der Waals surface area contributed by atoms with Crippen molar-refractivity contribution in [2.75, 3.05) is 0 Å². The fraction of sp³-hybridized carbons (Fsp3) is 0.438. The highest BCUT2D eigenvalue weighted by Crippen LogP contribution is 2.26. The summed E-state index contributed by atoms with van der Waals surface area (Å²) in [5.74, 6) is -2.57. The number of carbonyl (C=O) groups is 3. The summed E-state index contributed by atoms with van der Waals surface area (Å²) in [4.78, 5) is 34.2. The van der Waals surface area contributed by atoms with Crippen LogP contribution in [0.25, 0.3) is 0 Å². The van der Waals surface area contributed by atoms with Crippen LogP contribution in [0.2, 0.25) is 0 Å². The number of carboxylic acid groups (broad SMARTS) is 2. The summed E-state index contributed by atoms with van der Waals surface area (Å²) in [6.07, 6.45) is 0.330. The van der Waals surface area contributed by atoms with Crippen molar-refractivity contribution in [3.8, 4) is 0 Å². The molecule has 0 aliphatic heterocycles. The van der Waals surface area contributed by atoms with Gasteiger partial charge in [-0.1, -0.05) is 0 Å². The number of benzene rings is 1. The van der Waals surface area contributed by atoms with Crippen LogP contribution in [-0.4, -0.2) is 39.9 Å². The Morgan fingerprint density at radius 1 is 1.04 bits per heavy atom. The van der Waals surface area contributed by atoms with Crippen molar-refractivity contribution < 1.29 is 29.3 Å². The molecular formula is C16H19NO6. The molecule has 1 aliphatic rings. The minimum absolute atomic E-state index is 0.242. The van der Waals surface area contributed by atoms with E-state index in [1.54, 1.807) is 20.8 Å². The molecule has 0 saturated carbocycles. The van der Waals surface area contributed by atoms with Gasteiger partial charge in [0.15, 0.2) is 0 Å². The molecule has 0 unspecified atom stereocenters. The van der Waals surface area contributed by atoms with Crippen LogP contribution >= 0.6 is 0 Å². The summed E-state index contributed by atoms with van der Waals surface area (Å²) in [7, 11) is 0. The molecule has 1 aromatic rings. The second-order valence-electron chi connectivity index (χ2n) is 6.53. The number of carboxylic acids is 2. The van der Waals surface area contributed by atoms with Crippen molar-refractivity contribution in [1.29, 1.82) is 0 Å². The molecule has 2 rings (SSSR count). The van der Waals surface area contributed by atoms with Gasteiger partial charge in [-0.15, -0.1) is 0 Å². The molecule has 7 heteroatoms. The maximum absolute atomic E-state index is 11.8. The first kappa shape index (κ1) is 16.8. The van der Waals surface area contributed by atoms with Gasteiger partial charge in [-0.3, -0.25) is 0 Å². The monoisotopic (exact) mass is 321 g/mol. The molecule has 23 heavy (non-hydrogen) atoms. The zero-order valence-electron chi connectivity index (χ0n) is 13.2. The van der Waals surface area contributed by atoms with Crippen molar-refractivity contribution in [3.63, 3.8) is 0 Å². The second kappa shape index (κ2) is 5.91. The number of amides is 1. The summed E-state index contributed by atoms with van der Waals surface area (Å²) in [6, 6.07) is 2.50. The highest BCUT2D eigenvalue weighted by atomic mass is 16.6. The quantitative estimate of drug-likeness (QED) is 0.785. The Balaban J connectivity index is 2.17. The molecule has 1 amide bonds. The largest absolute Gasteiger partial charge is 0.478 e. The minimum Gasteiger partial charge on any atom is -0.478 e. The average molecular weight is 321 g/mol. The molecule has 0 fully saturated rings. The molecule has 3 N–H and O–H groups in total. The molecule has 7 nitrogen and oxygen atoms in total. The van der Waals surface area contributed by atoms with Crippen molar-refractivity contribution in [2.45, 2.75) is 45.3 Å². The van der Waals surface area contributed by atoms with E-state index in [-0.39, 0.29) is 17.2 Å². The lowest BCUT2D eigenvalue weighted by Gasteiger charge is -2.21. The van der Waals surface area contributed by atoms with Gasteiger partial charge in [0.2, 0.25) is 0 Å². The fourth-order valence-corrected chi connectivity index (χ4v) is 2.60. The number of fused-ring (bicyclic) bond motifs is 1. The van der Waals surface area contributed by atoms with Crippen LogP contribution in [-0.2, 0) is 17.6 Å². The van der Waals surface area contributed by atoms with Gasteiger partial charge >= 0.3 is 18.0 Å². The van der Waals surface area contributed by atoms with E-state index in [1.165, 1.54) is 12.1 Å². The molecule has 0 bridgehead atoms. The highest BCUT2D eigenvalue weighted by molar-refractivity contribution is 6.02. The number of hydrogen-bond acceptors (Lipinski definition) is 4. The highest BCUT2D eigenvalue weighted by Gasteiger charge is 2.28. The SMILES string of the molecule is CC(C)(C)OC(=O)NC1Cc2cc(C(=O)O)c(C(=O)O)cc2C1. The van der Waals surface area contributed by atoms with E-state index in [0.717, 1.165) is 11.1 Å². The van der Waals surface area contributed by atoms with E-state index in [0.29, 0.717) is 12.8 Å². The number of rotatable bonds is 3. The van der Waals surface area contributed by atoms with Gasteiger partial charge in [0.25, 0.3) is 0 Å². The smallest absolute Gasteiger partial charge is 0.407 e. The number of nitrogens with one attached hydrogen (secondary N) is 1. The third-order valence-electron chi connectivity index (χ3n) is 3.45. The first-order valence-corrected chi connectivity index (χ1v) is 7.18. The Kier molecular flexibility index (Phi) is 4.31. The van der Waals surface area contributed by atoms with Crippen LogP contribution in [0, 0.1) is 0 Å². The van der Waals surface area contributed by atoms with Crippen molar-refractivity contribution in [1.82, 2.24) is 5.32 Å². The van der Waals surface area contributed by atoms with Gasteiger partial charge < -0.3 is 20.3 Å². The average Bonchev–Trinajstić information content (AvgIpc) is 2.75. The molecule has 0 aromatic heterocycles. The molecule has 1 aliphatic carbocycles. The molecule has 0 saturated heterocycles. The Hall–Kier alpha value is -2.57. The topological polar surface area (TPSA) is 113 Å². The van der Waals surface area contributed by atoms with E-state index in [4.69, 9.17) is 14.9 Å². The van der Waals surface area contributed by atoms with Crippen LogP contribution in [0.3, 0.4) is 0 Å². The van der Waals surface area contributed by atoms with Crippen molar-refractivity contribution in [3.05, 3.63) is 34.4 Å². The number of hydrogen-bond donors (Lipinski definition) is 3. The van der Waals surface area contributed by atoms with E-state index >= 15 is 0 Å².